The molecule has 2 aliphatic rings. The molecule has 0 unspecified atom stereocenters. The van der Waals surface area contributed by atoms with E-state index >= 15 is 0 Å². The molecule has 7 nitrogen and oxygen atoms in total. The number of Topliss-reactive ketones (excluding diaryl/α,β-unsaturated/α-hetero) is 1. The second-order valence-corrected chi connectivity index (χ2v) is 10.5. The molecule has 2 saturated heterocycles. The van der Waals surface area contributed by atoms with E-state index in [0.29, 0.717) is 13.0 Å². The summed E-state index contributed by atoms with van der Waals surface area (Å²) in [4.78, 5) is 19.9. The van der Waals surface area contributed by atoms with Gasteiger partial charge in [-0.25, -0.2) is 13.4 Å². The molecule has 0 amide bonds. The van der Waals surface area contributed by atoms with Crippen molar-refractivity contribution in [1.29, 1.82) is 0 Å². The first-order chi connectivity index (χ1) is 13.8. The molecule has 0 bridgehead atoms. The number of quaternary nitrogens is 1. The average Bonchev–Trinajstić information content (AvgIpc) is 3.21. The molecule has 2 fully saturated rings. The largest absolute Gasteiger partial charge is 0.344 e. The first-order valence-corrected chi connectivity index (χ1v) is 12.1. The van der Waals surface area contributed by atoms with Gasteiger partial charge in [0.1, 0.15) is 32.7 Å². The van der Waals surface area contributed by atoms with Gasteiger partial charge in [0.05, 0.1) is 17.7 Å². The average molecular weight is 419 g/mol. The number of carbonyl (C=O) groups excluding carboxylic acids is 1. The van der Waals surface area contributed by atoms with Gasteiger partial charge in [-0.05, 0) is 32.4 Å². The van der Waals surface area contributed by atoms with Crippen LogP contribution in [0.15, 0.2) is 30.5 Å². The zero-order valence-corrected chi connectivity index (χ0v) is 18.0. The minimum absolute atomic E-state index is 0.0421. The van der Waals surface area contributed by atoms with E-state index in [4.69, 9.17) is 0 Å². The maximum Gasteiger partial charge on any atom is 0.274 e. The van der Waals surface area contributed by atoms with Gasteiger partial charge in [-0.2, -0.15) is 0 Å². The van der Waals surface area contributed by atoms with Crippen molar-refractivity contribution in [3.05, 3.63) is 47.4 Å². The Kier molecular flexibility index (Phi) is 5.48. The number of nitrogens with one attached hydrogen (secondary N) is 2. The lowest BCUT2D eigenvalue weighted by Gasteiger charge is -2.27. The normalized spacial score (nSPS) is 22.1. The van der Waals surface area contributed by atoms with Gasteiger partial charge in [0.25, 0.3) is 5.82 Å². The highest BCUT2D eigenvalue weighted by Gasteiger charge is 2.33. The lowest BCUT2D eigenvalue weighted by molar-refractivity contribution is -0.892. The standard InChI is InChI=1S/C21H28N4O3S/c1-16-13-19(17(2)25(16)18-6-12-29(27,28)15-18)20(26)14-23-8-10-24(11-9-23)21-5-3-4-7-22-21/h3-5,7,13,18H,6,8-12,14-15H2,1-2H3/p+2/t18-/m1/s1. The number of carbonyl (C=O) groups is 1. The second kappa shape index (κ2) is 7.91. The Hall–Kier alpha value is -2.19. The van der Waals surface area contributed by atoms with Crippen molar-refractivity contribution in [3.8, 4) is 0 Å². The summed E-state index contributed by atoms with van der Waals surface area (Å²) in [7, 11) is -2.96. The number of hydrogen-bond donors (Lipinski definition) is 1. The zero-order chi connectivity index (χ0) is 20.6. The van der Waals surface area contributed by atoms with Crippen LogP contribution >= 0.6 is 0 Å². The van der Waals surface area contributed by atoms with Gasteiger partial charge in [0.2, 0.25) is 5.78 Å². The first-order valence-electron chi connectivity index (χ1n) is 10.3. The van der Waals surface area contributed by atoms with Gasteiger partial charge in [-0.15, -0.1) is 0 Å². The summed E-state index contributed by atoms with van der Waals surface area (Å²) in [6.07, 6.45) is 2.57. The van der Waals surface area contributed by atoms with E-state index in [2.05, 4.69) is 20.5 Å². The maximum atomic E-state index is 13.0. The van der Waals surface area contributed by atoms with Crippen LogP contribution in [0, 0.1) is 13.8 Å². The van der Waals surface area contributed by atoms with Crippen LogP contribution < -0.4 is 14.8 Å². The molecule has 29 heavy (non-hydrogen) atoms. The monoisotopic (exact) mass is 418 g/mol. The molecule has 8 heteroatoms. The third-order valence-electron chi connectivity index (χ3n) is 6.27. The Labute approximate surface area is 172 Å². The van der Waals surface area contributed by atoms with Crippen molar-refractivity contribution < 1.29 is 23.1 Å². The summed E-state index contributed by atoms with van der Waals surface area (Å²) in [6, 6.07) is 7.98. The third-order valence-corrected chi connectivity index (χ3v) is 8.02. The van der Waals surface area contributed by atoms with Crippen LogP contribution in [0.25, 0.3) is 0 Å². The number of piperazine rings is 1. The van der Waals surface area contributed by atoms with Crippen molar-refractivity contribution in [3.63, 3.8) is 0 Å². The SMILES string of the molecule is Cc1cc(C(=O)C[NH+]2CCN(c3cccc[nH+]3)CC2)c(C)n1[C@@H]1CCS(=O)(=O)C1. The number of aryl methyl sites for hydroxylation is 1. The predicted molar refractivity (Wildman–Crippen MR) is 111 cm³/mol. The fourth-order valence-corrected chi connectivity index (χ4v) is 6.44. The number of ketones is 1. The van der Waals surface area contributed by atoms with Crippen LogP contribution in [0.3, 0.4) is 0 Å². The Morgan fingerprint density at radius 2 is 2.00 bits per heavy atom. The van der Waals surface area contributed by atoms with Crippen LogP contribution in [0.5, 0.6) is 0 Å². The Morgan fingerprint density at radius 1 is 1.24 bits per heavy atom. The number of anilines is 1. The highest BCUT2D eigenvalue weighted by Crippen LogP contribution is 2.29. The van der Waals surface area contributed by atoms with Gasteiger partial charge in [0.15, 0.2) is 9.84 Å². The molecule has 0 spiro atoms. The lowest BCUT2D eigenvalue weighted by atomic mass is 10.1. The molecule has 2 N–H and O–H groups in total. The fourth-order valence-electron chi connectivity index (χ4n) is 4.74. The highest BCUT2D eigenvalue weighted by molar-refractivity contribution is 7.91. The first kappa shape index (κ1) is 20.1. The van der Waals surface area contributed by atoms with E-state index in [1.54, 1.807) is 0 Å². The molecule has 4 heterocycles. The number of aromatic nitrogens is 2. The van der Waals surface area contributed by atoms with Gasteiger partial charge in [-0.1, -0.05) is 6.07 Å². The van der Waals surface area contributed by atoms with Crippen molar-refractivity contribution >= 4 is 21.4 Å². The Morgan fingerprint density at radius 3 is 2.62 bits per heavy atom. The molecule has 1 atom stereocenters. The lowest BCUT2D eigenvalue weighted by Crippen LogP contribution is -3.15. The van der Waals surface area contributed by atoms with Gasteiger partial charge >= 0.3 is 0 Å². The molecule has 2 aromatic heterocycles. The molecule has 4 rings (SSSR count). The van der Waals surface area contributed by atoms with Gasteiger partial charge in [-0.3, -0.25) is 9.69 Å². The summed E-state index contributed by atoms with van der Waals surface area (Å²) in [5, 5.41) is 0. The number of aromatic amines is 1. The predicted octanol–water partition coefficient (Wildman–Crippen LogP) is -0.134. The molecule has 0 saturated carbocycles. The summed E-state index contributed by atoms with van der Waals surface area (Å²) in [5.74, 6) is 1.69. The number of nitrogens with zero attached hydrogens (tertiary/aromatic N) is 2. The number of sulfone groups is 1. The summed E-state index contributed by atoms with van der Waals surface area (Å²) < 4.78 is 25.8. The molecule has 2 aromatic rings. The van der Waals surface area contributed by atoms with E-state index in [1.165, 1.54) is 4.90 Å². The van der Waals surface area contributed by atoms with Gasteiger partial charge < -0.3 is 9.47 Å². The second-order valence-electron chi connectivity index (χ2n) is 8.30. The molecular weight excluding hydrogens is 388 g/mol. The number of hydrogen-bond acceptors (Lipinski definition) is 4. The minimum atomic E-state index is -2.96. The minimum Gasteiger partial charge on any atom is -0.344 e. The zero-order valence-electron chi connectivity index (χ0n) is 17.1. The van der Waals surface area contributed by atoms with E-state index in [1.807, 2.05) is 38.2 Å². The van der Waals surface area contributed by atoms with E-state index < -0.39 is 9.84 Å². The quantitative estimate of drug-likeness (QED) is 0.686. The van der Waals surface area contributed by atoms with Crippen LogP contribution in [0.1, 0.15) is 34.2 Å². The fraction of sp³-hybridized carbons (Fsp3) is 0.524. The van der Waals surface area contributed by atoms with E-state index in [9.17, 15) is 13.2 Å². The summed E-state index contributed by atoms with van der Waals surface area (Å²) in [6.45, 7) is 8.09. The molecule has 0 radical (unpaired) electrons. The van der Waals surface area contributed by atoms with Crippen molar-refractivity contribution in [2.24, 2.45) is 0 Å². The van der Waals surface area contributed by atoms with Crippen molar-refractivity contribution in [2.45, 2.75) is 26.3 Å². The van der Waals surface area contributed by atoms with Crippen LogP contribution in [0.4, 0.5) is 5.82 Å². The number of pyridine rings is 1. The topological polar surface area (TPSA) is 78.0 Å². The molecule has 2 aliphatic heterocycles. The van der Waals surface area contributed by atoms with Crippen LogP contribution in [-0.4, -0.2) is 63.0 Å². The van der Waals surface area contributed by atoms with Crippen LogP contribution in [-0.2, 0) is 9.84 Å². The highest BCUT2D eigenvalue weighted by atomic mass is 32.2. The summed E-state index contributed by atoms with van der Waals surface area (Å²) in [5.41, 5.74) is 2.64. The smallest absolute Gasteiger partial charge is 0.274 e. The Balaban J connectivity index is 1.40. The molecule has 156 valence electrons. The maximum absolute atomic E-state index is 13.0. The molecule has 0 aliphatic carbocycles. The summed E-state index contributed by atoms with van der Waals surface area (Å²) >= 11 is 0. The Bertz CT molecular complexity index is 992. The van der Waals surface area contributed by atoms with E-state index in [0.717, 1.165) is 48.9 Å². The molecule has 0 aromatic carbocycles. The van der Waals surface area contributed by atoms with Crippen molar-refractivity contribution in [1.82, 2.24) is 4.57 Å². The molecular formula is C21H30N4O3S+2. The van der Waals surface area contributed by atoms with Gasteiger partial charge in [0, 0.05) is 29.1 Å². The third kappa shape index (κ3) is 4.23. The van der Waals surface area contributed by atoms with Crippen molar-refractivity contribution in [2.75, 3.05) is 49.1 Å². The van der Waals surface area contributed by atoms with Crippen LogP contribution in [0.2, 0.25) is 0 Å². The van der Waals surface area contributed by atoms with E-state index in [-0.39, 0.29) is 23.3 Å². The number of rotatable bonds is 5. The number of H-pyrrole nitrogens is 1.